The van der Waals surface area contributed by atoms with Crippen LogP contribution in [0.4, 0.5) is 5.69 Å². The molecule has 4 rings (SSSR count). The number of halogens is 1. The summed E-state index contributed by atoms with van der Waals surface area (Å²) >= 11 is 6.18. The van der Waals surface area contributed by atoms with Crippen LogP contribution in [0.25, 0.3) is 0 Å². The van der Waals surface area contributed by atoms with Crippen molar-refractivity contribution in [3.63, 3.8) is 0 Å². The van der Waals surface area contributed by atoms with E-state index in [1.165, 1.54) is 42.7 Å². The molecule has 4 nitrogen and oxygen atoms in total. The van der Waals surface area contributed by atoms with Crippen LogP contribution < -0.4 is 4.90 Å². The first-order valence-electron chi connectivity index (χ1n) is 11.1. The maximum Gasteiger partial charge on any atom is 0.253 e. The molecule has 2 fully saturated rings. The minimum absolute atomic E-state index is 0.135. The zero-order valence-corrected chi connectivity index (χ0v) is 18.9. The third kappa shape index (κ3) is 4.98. The van der Waals surface area contributed by atoms with E-state index in [2.05, 4.69) is 41.8 Å². The standard InChI is InChI=1S/C25H32ClN3O/c1-19-4-3-11-27(17-19)18-21-6-8-22(9-7-21)25(30)29-14-12-28(13-15-29)24-16-23(26)10-5-20(24)2/h5-10,16,19H,3-4,11-15,17-18H2,1-2H3/t19-/m0/s1. The second kappa shape index (κ2) is 9.40. The molecule has 2 aliphatic rings. The highest BCUT2D eigenvalue weighted by Gasteiger charge is 2.23. The van der Waals surface area contributed by atoms with Crippen LogP contribution in [0.1, 0.15) is 41.3 Å². The molecule has 2 aromatic carbocycles. The quantitative estimate of drug-likeness (QED) is 0.701. The first-order valence-corrected chi connectivity index (χ1v) is 11.5. The second-order valence-corrected chi connectivity index (χ2v) is 9.33. The molecule has 0 radical (unpaired) electrons. The number of nitrogens with zero attached hydrogens (tertiary/aromatic N) is 3. The number of hydrogen-bond acceptors (Lipinski definition) is 3. The minimum atomic E-state index is 0.135. The first kappa shape index (κ1) is 21.2. The van der Waals surface area contributed by atoms with Gasteiger partial charge in [0.05, 0.1) is 0 Å². The van der Waals surface area contributed by atoms with E-state index in [0.717, 1.165) is 49.2 Å². The summed E-state index contributed by atoms with van der Waals surface area (Å²) in [4.78, 5) is 19.8. The Balaban J connectivity index is 1.33. The van der Waals surface area contributed by atoms with Crippen molar-refractivity contribution in [2.24, 2.45) is 5.92 Å². The normalized spacial score (nSPS) is 20.4. The molecule has 30 heavy (non-hydrogen) atoms. The molecule has 2 aromatic rings. The topological polar surface area (TPSA) is 26.8 Å². The summed E-state index contributed by atoms with van der Waals surface area (Å²) in [7, 11) is 0. The van der Waals surface area contributed by atoms with Gasteiger partial charge in [0, 0.05) is 55.5 Å². The third-order valence-electron chi connectivity index (χ3n) is 6.43. The second-order valence-electron chi connectivity index (χ2n) is 8.89. The maximum atomic E-state index is 13.0. The molecule has 0 unspecified atom stereocenters. The summed E-state index contributed by atoms with van der Waals surface area (Å²) in [5.41, 5.74) is 4.48. The summed E-state index contributed by atoms with van der Waals surface area (Å²) in [6, 6.07) is 14.3. The zero-order chi connectivity index (χ0) is 21.1. The Morgan fingerprint density at radius 2 is 1.77 bits per heavy atom. The number of likely N-dealkylation sites (tertiary alicyclic amines) is 1. The van der Waals surface area contributed by atoms with Gasteiger partial charge >= 0.3 is 0 Å². The van der Waals surface area contributed by atoms with E-state index in [1.54, 1.807) is 0 Å². The number of piperidine rings is 1. The number of rotatable bonds is 4. The summed E-state index contributed by atoms with van der Waals surface area (Å²) in [5.74, 6) is 0.921. The average Bonchev–Trinajstić information content (AvgIpc) is 2.76. The molecular formula is C25H32ClN3O. The Labute approximate surface area is 185 Å². The molecule has 0 aliphatic carbocycles. The molecule has 0 spiro atoms. The number of aryl methyl sites for hydroxylation is 1. The molecule has 0 bridgehead atoms. The maximum absolute atomic E-state index is 13.0. The number of piperazine rings is 1. The zero-order valence-electron chi connectivity index (χ0n) is 18.1. The highest BCUT2D eigenvalue weighted by molar-refractivity contribution is 6.30. The van der Waals surface area contributed by atoms with E-state index in [9.17, 15) is 4.79 Å². The van der Waals surface area contributed by atoms with Crippen molar-refractivity contribution >= 4 is 23.2 Å². The number of hydrogen-bond donors (Lipinski definition) is 0. The van der Waals surface area contributed by atoms with Crippen LogP contribution in [0.3, 0.4) is 0 Å². The van der Waals surface area contributed by atoms with Gasteiger partial charge in [-0.2, -0.15) is 0 Å². The molecule has 2 aliphatic heterocycles. The van der Waals surface area contributed by atoms with Crippen LogP contribution in [0.5, 0.6) is 0 Å². The van der Waals surface area contributed by atoms with Gasteiger partial charge in [0.25, 0.3) is 5.91 Å². The first-order chi connectivity index (χ1) is 14.5. The van der Waals surface area contributed by atoms with Crippen molar-refractivity contribution in [3.8, 4) is 0 Å². The Bertz CT molecular complexity index is 874. The van der Waals surface area contributed by atoms with Crippen LogP contribution in [-0.2, 0) is 6.54 Å². The summed E-state index contributed by atoms with van der Waals surface area (Å²) in [5, 5.41) is 0.758. The lowest BCUT2D eigenvalue weighted by molar-refractivity contribution is 0.0746. The molecule has 2 heterocycles. The van der Waals surface area contributed by atoms with E-state index in [0.29, 0.717) is 0 Å². The molecule has 5 heteroatoms. The summed E-state index contributed by atoms with van der Waals surface area (Å²) in [6.07, 6.45) is 2.63. The van der Waals surface area contributed by atoms with Crippen LogP contribution in [0, 0.1) is 12.8 Å². The van der Waals surface area contributed by atoms with Crippen molar-refractivity contribution in [2.45, 2.75) is 33.2 Å². The largest absolute Gasteiger partial charge is 0.368 e. The fraction of sp³-hybridized carbons (Fsp3) is 0.480. The lowest BCUT2D eigenvalue weighted by Crippen LogP contribution is -2.49. The van der Waals surface area contributed by atoms with Gasteiger partial charge < -0.3 is 9.80 Å². The van der Waals surface area contributed by atoms with Crippen molar-refractivity contribution in [1.82, 2.24) is 9.80 Å². The van der Waals surface area contributed by atoms with Gasteiger partial charge in [-0.15, -0.1) is 0 Å². The SMILES string of the molecule is Cc1ccc(Cl)cc1N1CCN(C(=O)c2ccc(CN3CCC[C@H](C)C3)cc2)CC1. The van der Waals surface area contributed by atoms with Crippen LogP contribution >= 0.6 is 11.6 Å². The van der Waals surface area contributed by atoms with Crippen LogP contribution in [0.2, 0.25) is 5.02 Å². The molecule has 1 amide bonds. The summed E-state index contributed by atoms with van der Waals surface area (Å²) < 4.78 is 0. The fourth-order valence-corrected chi connectivity index (χ4v) is 4.86. The molecule has 0 saturated carbocycles. The van der Waals surface area contributed by atoms with E-state index in [-0.39, 0.29) is 5.91 Å². The van der Waals surface area contributed by atoms with Gasteiger partial charge in [0.1, 0.15) is 0 Å². The van der Waals surface area contributed by atoms with Crippen molar-refractivity contribution in [3.05, 3.63) is 64.2 Å². The van der Waals surface area contributed by atoms with E-state index in [4.69, 9.17) is 11.6 Å². The molecule has 0 aromatic heterocycles. The number of carbonyl (C=O) groups is 1. The molecule has 0 N–H and O–H groups in total. The van der Waals surface area contributed by atoms with Gasteiger partial charge in [-0.3, -0.25) is 9.69 Å². The number of anilines is 1. The van der Waals surface area contributed by atoms with Crippen LogP contribution in [-0.4, -0.2) is 55.0 Å². The van der Waals surface area contributed by atoms with E-state index >= 15 is 0 Å². The van der Waals surface area contributed by atoms with Crippen molar-refractivity contribution < 1.29 is 4.79 Å². The number of carbonyl (C=O) groups excluding carboxylic acids is 1. The Hall–Kier alpha value is -2.04. The highest BCUT2D eigenvalue weighted by Crippen LogP contribution is 2.26. The lowest BCUT2D eigenvalue weighted by atomic mass is 9.99. The lowest BCUT2D eigenvalue weighted by Gasteiger charge is -2.37. The highest BCUT2D eigenvalue weighted by atomic mass is 35.5. The smallest absolute Gasteiger partial charge is 0.253 e. The average molecular weight is 426 g/mol. The number of amides is 1. The van der Waals surface area contributed by atoms with E-state index < -0.39 is 0 Å². The van der Waals surface area contributed by atoms with Crippen molar-refractivity contribution in [1.29, 1.82) is 0 Å². The predicted molar refractivity (Wildman–Crippen MR) is 124 cm³/mol. The van der Waals surface area contributed by atoms with Gasteiger partial charge in [-0.05, 0) is 67.6 Å². The molecule has 2 saturated heterocycles. The van der Waals surface area contributed by atoms with Gasteiger partial charge in [-0.1, -0.05) is 36.7 Å². The fourth-order valence-electron chi connectivity index (χ4n) is 4.70. The minimum Gasteiger partial charge on any atom is -0.368 e. The Morgan fingerprint density at radius 1 is 1.03 bits per heavy atom. The predicted octanol–water partition coefficient (Wildman–Crippen LogP) is 4.84. The van der Waals surface area contributed by atoms with E-state index in [1.807, 2.05) is 29.2 Å². The summed E-state index contributed by atoms with van der Waals surface area (Å²) in [6.45, 7) is 10.9. The Kier molecular flexibility index (Phi) is 6.64. The number of benzene rings is 2. The van der Waals surface area contributed by atoms with Gasteiger partial charge in [0.2, 0.25) is 0 Å². The van der Waals surface area contributed by atoms with Gasteiger partial charge in [0.15, 0.2) is 0 Å². The van der Waals surface area contributed by atoms with Crippen LogP contribution in [0.15, 0.2) is 42.5 Å². The molecule has 1 atom stereocenters. The Morgan fingerprint density at radius 3 is 2.47 bits per heavy atom. The molecule has 160 valence electrons. The van der Waals surface area contributed by atoms with Gasteiger partial charge in [-0.25, -0.2) is 0 Å². The third-order valence-corrected chi connectivity index (χ3v) is 6.66. The molecular weight excluding hydrogens is 394 g/mol. The van der Waals surface area contributed by atoms with Crippen molar-refractivity contribution in [2.75, 3.05) is 44.2 Å². The monoisotopic (exact) mass is 425 g/mol.